The van der Waals surface area contributed by atoms with Crippen molar-refractivity contribution in [3.8, 4) is 23.0 Å². The Morgan fingerprint density at radius 2 is 1.71 bits per heavy atom. The molecule has 28 heavy (non-hydrogen) atoms. The fourth-order valence-electron chi connectivity index (χ4n) is 3.64. The smallest absolute Gasteiger partial charge is 0.201 e. The van der Waals surface area contributed by atoms with E-state index in [0.29, 0.717) is 0 Å². The van der Waals surface area contributed by atoms with Crippen LogP contribution in [0.3, 0.4) is 0 Å². The molecule has 1 unspecified atom stereocenters. The third-order valence-electron chi connectivity index (χ3n) is 5.07. The number of carbonyl (C=O) groups is 1. The maximum atomic E-state index is 13.8. The van der Waals surface area contributed by atoms with E-state index >= 15 is 0 Å². The normalized spacial score (nSPS) is 18.3. The van der Waals surface area contributed by atoms with Gasteiger partial charge in [0, 0.05) is 10.5 Å². The first-order chi connectivity index (χ1) is 13.5. The van der Waals surface area contributed by atoms with Crippen LogP contribution in [0.4, 0.5) is 0 Å². The SMILES string of the molecule is COc1cc2c(c(O)c1O)C(=O)C(c1ccccc1)(c1cccc(Br)c1)CO2. The molecule has 0 saturated heterocycles. The van der Waals surface area contributed by atoms with E-state index in [0.717, 1.165) is 15.6 Å². The Balaban J connectivity index is 2.00. The molecule has 0 fully saturated rings. The van der Waals surface area contributed by atoms with Crippen LogP contribution < -0.4 is 9.47 Å². The van der Waals surface area contributed by atoms with E-state index in [1.807, 2.05) is 54.6 Å². The molecule has 0 bridgehead atoms. The van der Waals surface area contributed by atoms with Crippen molar-refractivity contribution >= 4 is 21.7 Å². The average Bonchev–Trinajstić information content (AvgIpc) is 2.71. The van der Waals surface area contributed by atoms with Crippen molar-refractivity contribution in [2.75, 3.05) is 13.7 Å². The van der Waals surface area contributed by atoms with Gasteiger partial charge < -0.3 is 19.7 Å². The second-order valence-electron chi connectivity index (χ2n) is 6.55. The summed E-state index contributed by atoms with van der Waals surface area (Å²) in [5.74, 6) is -1.17. The maximum Gasteiger partial charge on any atom is 0.201 e. The van der Waals surface area contributed by atoms with Gasteiger partial charge in [-0.25, -0.2) is 0 Å². The van der Waals surface area contributed by atoms with Crippen molar-refractivity contribution in [1.29, 1.82) is 0 Å². The van der Waals surface area contributed by atoms with Crippen LogP contribution in [0.15, 0.2) is 65.1 Å². The van der Waals surface area contributed by atoms with Gasteiger partial charge in [0.25, 0.3) is 0 Å². The number of phenolic OH excluding ortho intramolecular Hbond substituents is 2. The number of halogens is 1. The number of rotatable bonds is 3. The number of carbonyl (C=O) groups excluding carboxylic acids is 1. The molecule has 1 atom stereocenters. The number of fused-ring (bicyclic) bond motifs is 1. The van der Waals surface area contributed by atoms with Gasteiger partial charge in [-0.3, -0.25) is 4.79 Å². The minimum atomic E-state index is -1.17. The molecule has 4 rings (SSSR count). The highest BCUT2D eigenvalue weighted by Crippen LogP contribution is 2.50. The Kier molecular flexibility index (Phi) is 4.51. The van der Waals surface area contributed by atoms with Crippen LogP contribution in [0, 0.1) is 0 Å². The van der Waals surface area contributed by atoms with Crippen LogP contribution in [0.1, 0.15) is 21.5 Å². The molecular weight excluding hydrogens is 424 g/mol. The van der Waals surface area contributed by atoms with E-state index in [-0.39, 0.29) is 29.5 Å². The molecule has 0 amide bonds. The highest BCUT2D eigenvalue weighted by molar-refractivity contribution is 9.10. The Labute approximate surface area is 170 Å². The first kappa shape index (κ1) is 18.4. The van der Waals surface area contributed by atoms with E-state index in [2.05, 4.69) is 15.9 Å². The highest BCUT2D eigenvalue weighted by atomic mass is 79.9. The van der Waals surface area contributed by atoms with Gasteiger partial charge in [-0.1, -0.05) is 58.4 Å². The maximum absolute atomic E-state index is 13.8. The molecule has 5 nitrogen and oxygen atoms in total. The van der Waals surface area contributed by atoms with Crippen LogP contribution >= 0.6 is 15.9 Å². The second-order valence-corrected chi connectivity index (χ2v) is 7.46. The topological polar surface area (TPSA) is 76.0 Å². The predicted octanol–water partition coefficient (Wildman–Crippen LogP) is 4.43. The Hall–Kier alpha value is -2.99. The average molecular weight is 441 g/mol. The lowest BCUT2D eigenvalue weighted by Gasteiger charge is -2.38. The van der Waals surface area contributed by atoms with Crippen molar-refractivity contribution in [2.45, 2.75) is 5.41 Å². The number of hydrogen-bond donors (Lipinski definition) is 2. The monoisotopic (exact) mass is 440 g/mol. The van der Waals surface area contributed by atoms with Crippen LogP contribution in [0.5, 0.6) is 23.0 Å². The van der Waals surface area contributed by atoms with Gasteiger partial charge in [0.15, 0.2) is 17.3 Å². The molecule has 142 valence electrons. The van der Waals surface area contributed by atoms with E-state index in [1.165, 1.54) is 13.2 Å². The van der Waals surface area contributed by atoms with Crippen molar-refractivity contribution in [2.24, 2.45) is 0 Å². The Bertz CT molecular complexity index is 1060. The molecule has 0 radical (unpaired) electrons. The van der Waals surface area contributed by atoms with Crippen LogP contribution in [0.2, 0.25) is 0 Å². The third kappa shape index (κ3) is 2.64. The van der Waals surface area contributed by atoms with Gasteiger partial charge in [0.05, 0.1) is 7.11 Å². The molecule has 3 aromatic rings. The summed E-state index contributed by atoms with van der Waals surface area (Å²) in [6, 6.07) is 18.1. The van der Waals surface area contributed by atoms with E-state index in [1.54, 1.807) is 0 Å². The molecule has 3 aromatic carbocycles. The minimum Gasteiger partial charge on any atom is -0.504 e. The zero-order valence-electron chi connectivity index (χ0n) is 15.0. The first-order valence-corrected chi connectivity index (χ1v) is 9.40. The standard InChI is InChI=1S/C22H17BrO5/c1-27-17-11-16-18(20(25)19(17)24)21(26)22(12-28-16,13-6-3-2-4-7-13)14-8-5-9-15(23)10-14/h2-11,24-25H,12H2,1H3. The molecule has 0 saturated carbocycles. The number of methoxy groups -OCH3 is 1. The summed E-state index contributed by atoms with van der Waals surface area (Å²) < 4.78 is 11.8. The zero-order chi connectivity index (χ0) is 19.9. The molecule has 1 aliphatic rings. The van der Waals surface area contributed by atoms with Crippen LogP contribution in [0.25, 0.3) is 0 Å². The number of aromatic hydroxyl groups is 2. The Morgan fingerprint density at radius 1 is 1.00 bits per heavy atom. The van der Waals surface area contributed by atoms with Crippen molar-refractivity contribution in [3.63, 3.8) is 0 Å². The summed E-state index contributed by atoms with van der Waals surface area (Å²) in [5.41, 5.74) is 0.224. The molecule has 0 spiro atoms. The molecule has 0 aromatic heterocycles. The van der Waals surface area contributed by atoms with Crippen molar-refractivity contribution in [3.05, 3.63) is 81.8 Å². The third-order valence-corrected chi connectivity index (χ3v) is 5.56. The largest absolute Gasteiger partial charge is 0.504 e. The van der Waals surface area contributed by atoms with Crippen LogP contribution in [-0.4, -0.2) is 29.7 Å². The van der Waals surface area contributed by atoms with Gasteiger partial charge in [0.1, 0.15) is 23.3 Å². The summed E-state index contributed by atoms with van der Waals surface area (Å²) in [5, 5.41) is 20.8. The lowest BCUT2D eigenvalue weighted by molar-refractivity contribution is 0.0811. The lowest BCUT2D eigenvalue weighted by Crippen LogP contribution is -2.46. The number of benzene rings is 3. The molecule has 2 N–H and O–H groups in total. The van der Waals surface area contributed by atoms with Gasteiger partial charge >= 0.3 is 0 Å². The fraction of sp³-hybridized carbons (Fsp3) is 0.136. The van der Waals surface area contributed by atoms with Gasteiger partial charge in [-0.2, -0.15) is 0 Å². The molecule has 6 heteroatoms. The molecule has 1 heterocycles. The summed E-state index contributed by atoms with van der Waals surface area (Å²) >= 11 is 3.46. The molecular formula is C22H17BrO5. The fourth-order valence-corrected chi connectivity index (χ4v) is 4.04. The number of hydrogen-bond acceptors (Lipinski definition) is 5. The molecule has 0 aliphatic carbocycles. The predicted molar refractivity (Wildman–Crippen MR) is 108 cm³/mol. The number of Topliss-reactive ketones (excluding diaryl/α,β-unsaturated/α-hetero) is 1. The van der Waals surface area contributed by atoms with Crippen molar-refractivity contribution in [1.82, 2.24) is 0 Å². The van der Waals surface area contributed by atoms with Gasteiger partial charge in [-0.15, -0.1) is 0 Å². The second kappa shape index (κ2) is 6.87. The van der Waals surface area contributed by atoms with Crippen molar-refractivity contribution < 1.29 is 24.5 Å². The van der Waals surface area contributed by atoms with Gasteiger partial charge in [0.2, 0.25) is 5.75 Å². The number of ketones is 1. The quantitative estimate of drug-likeness (QED) is 0.589. The lowest BCUT2D eigenvalue weighted by atomic mass is 9.68. The van der Waals surface area contributed by atoms with Gasteiger partial charge in [-0.05, 0) is 23.3 Å². The van der Waals surface area contributed by atoms with E-state index in [9.17, 15) is 15.0 Å². The zero-order valence-corrected chi connectivity index (χ0v) is 16.6. The number of phenols is 2. The summed E-state index contributed by atoms with van der Waals surface area (Å²) in [6.45, 7) is 0.0483. The summed E-state index contributed by atoms with van der Waals surface area (Å²) in [6.07, 6.45) is 0. The number of ether oxygens (including phenoxy) is 2. The highest BCUT2D eigenvalue weighted by Gasteiger charge is 2.49. The van der Waals surface area contributed by atoms with Crippen LogP contribution in [-0.2, 0) is 5.41 Å². The summed E-state index contributed by atoms with van der Waals surface area (Å²) in [4.78, 5) is 13.8. The Morgan fingerprint density at radius 3 is 2.39 bits per heavy atom. The first-order valence-electron chi connectivity index (χ1n) is 8.61. The van der Waals surface area contributed by atoms with E-state index < -0.39 is 16.9 Å². The summed E-state index contributed by atoms with van der Waals surface area (Å²) in [7, 11) is 1.36. The minimum absolute atomic E-state index is 0.0405. The molecule has 1 aliphatic heterocycles. The van der Waals surface area contributed by atoms with E-state index in [4.69, 9.17) is 9.47 Å².